The second-order valence-electron chi connectivity index (χ2n) is 4.63. The standard InChI is InChI=1S/C14H14N2O3/c1-19-11-5-3-2-4-8(11)9-6-7-10-12(9)15-14(18)16-13(10)17/h2-5,9H,6-7H2,1H3,(H2,15,16,17,18). The van der Waals surface area contributed by atoms with E-state index in [0.29, 0.717) is 12.0 Å². The van der Waals surface area contributed by atoms with E-state index in [1.807, 2.05) is 24.3 Å². The van der Waals surface area contributed by atoms with Gasteiger partial charge in [0.2, 0.25) is 0 Å². The highest BCUT2D eigenvalue weighted by atomic mass is 16.5. The van der Waals surface area contributed by atoms with E-state index >= 15 is 0 Å². The molecule has 1 aliphatic carbocycles. The molecule has 1 unspecified atom stereocenters. The molecule has 1 aromatic carbocycles. The molecule has 0 aliphatic heterocycles. The van der Waals surface area contributed by atoms with Gasteiger partial charge in [-0.05, 0) is 18.9 Å². The van der Waals surface area contributed by atoms with Gasteiger partial charge in [0.15, 0.2) is 0 Å². The number of rotatable bonds is 2. The van der Waals surface area contributed by atoms with Gasteiger partial charge >= 0.3 is 5.69 Å². The third-order valence-corrected chi connectivity index (χ3v) is 3.62. The van der Waals surface area contributed by atoms with E-state index in [4.69, 9.17) is 4.74 Å². The summed E-state index contributed by atoms with van der Waals surface area (Å²) in [5.41, 5.74) is 1.67. The average molecular weight is 258 g/mol. The predicted molar refractivity (Wildman–Crippen MR) is 70.8 cm³/mol. The molecule has 19 heavy (non-hydrogen) atoms. The molecule has 5 nitrogen and oxygen atoms in total. The Kier molecular flexibility index (Phi) is 2.74. The van der Waals surface area contributed by atoms with Crippen molar-refractivity contribution in [2.45, 2.75) is 18.8 Å². The molecule has 0 fully saturated rings. The number of hydrogen-bond donors (Lipinski definition) is 2. The van der Waals surface area contributed by atoms with Crippen molar-refractivity contribution in [1.29, 1.82) is 0 Å². The van der Waals surface area contributed by atoms with Gasteiger partial charge in [0.1, 0.15) is 5.75 Å². The molecule has 1 atom stereocenters. The SMILES string of the molecule is COc1ccccc1C1CCc2c1[nH]c(=O)[nH]c2=O. The van der Waals surface area contributed by atoms with Crippen LogP contribution in [0.25, 0.3) is 0 Å². The van der Waals surface area contributed by atoms with Crippen LogP contribution in [0.2, 0.25) is 0 Å². The summed E-state index contributed by atoms with van der Waals surface area (Å²) in [4.78, 5) is 28.2. The number of aromatic amines is 2. The van der Waals surface area contributed by atoms with E-state index in [1.54, 1.807) is 7.11 Å². The van der Waals surface area contributed by atoms with Crippen molar-refractivity contribution in [3.05, 3.63) is 61.9 Å². The highest BCUT2D eigenvalue weighted by Crippen LogP contribution is 2.38. The topological polar surface area (TPSA) is 75.0 Å². The van der Waals surface area contributed by atoms with Gasteiger partial charge in [-0.3, -0.25) is 9.78 Å². The average Bonchev–Trinajstić information content (AvgIpc) is 2.82. The van der Waals surface area contributed by atoms with Crippen molar-refractivity contribution < 1.29 is 4.74 Å². The molecule has 1 heterocycles. The molecule has 2 aromatic rings. The van der Waals surface area contributed by atoms with Crippen LogP contribution in [-0.2, 0) is 6.42 Å². The van der Waals surface area contributed by atoms with Crippen LogP contribution in [-0.4, -0.2) is 17.1 Å². The van der Waals surface area contributed by atoms with Crippen molar-refractivity contribution in [3.8, 4) is 5.75 Å². The number of ether oxygens (including phenoxy) is 1. The lowest BCUT2D eigenvalue weighted by Crippen LogP contribution is -2.26. The summed E-state index contributed by atoms with van der Waals surface area (Å²) in [5.74, 6) is 0.794. The van der Waals surface area contributed by atoms with Crippen LogP contribution in [0.1, 0.15) is 29.2 Å². The summed E-state index contributed by atoms with van der Waals surface area (Å²) in [6.45, 7) is 0. The molecule has 0 bridgehead atoms. The maximum Gasteiger partial charge on any atom is 0.325 e. The number of methoxy groups -OCH3 is 1. The van der Waals surface area contributed by atoms with Gasteiger partial charge in [0, 0.05) is 22.7 Å². The molecule has 1 aliphatic rings. The Morgan fingerprint density at radius 3 is 2.79 bits per heavy atom. The van der Waals surface area contributed by atoms with Crippen LogP contribution in [0.3, 0.4) is 0 Å². The molecule has 0 radical (unpaired) electrons. The third-order valence-electron chi connectivity index (χ3n) is 3.62. The summed E-state index contributed by atoms with van der Waals surface area (Å²) >= 11 is 0. The van der Waals surface area contributed by atoms with Crippen LogP contribution in [0, 0.1) is 0 Å². The van der Waals surface area contributed by atoms with Gasteiger partial charge in [0.25, 0.3) is 5.56 Å². The summed E-state index contributed by atoms with van der Waals surface area (Å²) in [5, 5.41) is 0. The van der Waals surface area contributed by atoms with Gasteiger partial charge in [-0.25, -0.2) is 4.79 Å². The predicted octanol–water partition coefficient (Wildman–Crippen LogP) is 1.15. The van der Waals surface area contributed by atoms with Crippen LogP contribution < -0.4 is 16.0 Å². The van der Waals surface area contributed by atoms with Crippen LogP contribution >= 0.6 is 0 Å². The Balaban J connectivity index is 2.17. The molecule has 0 spiro atoms. The lowest BCUT2D eigenvalue weighted by Gasteiger charge is -2.15. The fraction of sp³-hybridized carbons (Fsp3) is 0.286. The maximum atomic E-state index is 11.8. The zero-order valence-corrected chi connectivity index (χ0v) is 10.5. The first-order valence-electron chi connectivity index (χ1n) is 6.19. The molecule has 0 saturated carbocycles. The minimum Gasteiger partial charge on any atom is -0.496 e. The second-order valence-corrected chi connectivity index (χ2v) is 4.63. The van der Waals surface area contributed by atoms with Crippen LogP contribution in [0.15, 0.2) is 33.9 Å². The molecule has 0 saturated heterocycles. The Bertz CT molecular complexity index is 730. The molecule has 3 rings (SSSR count). The van der Waals surface area contributed by atoms with Gasteiger partial charge in [-0.1, -0.05) is 18.2 Å². The molecule has 98 valence electrons. The first kappa shape index (κ1) is 11.8. The highest BCUT2D eigenvalue weighted by Gasteiger charge is 2.29. The first-order chi connectivity index (χ1) is 9.20. The summed E-state index contributed by atoms with van der Waals surface area (Å²) in [6, 6.07) is 7.69. The number of nitrogens with one attached hydrogen (secondary N) is 2. The van der Waals surface area contributed by atoms with E-state index in [2.05, 4.69) is 9.97 Å². The van der Waals surface area contributed by atoms with Crippen LogP contribution in [0.4, 0.5) is 0 Å². The van der Waals surface area contributed by atoms with Crippen molar-refractivity contribution in [3.63, 3.8) is 0 Å². The molecule has 0 amide bonds. The number of hydrogen-bond acceptors (Lipinski definition) is 3. The number of aromatic nitrogens is 2. The van der Waals surface area contributed by atoms with Crippen molar-refractivity contribution in [1.82, 2.24) is 9.97 Å². The first-order valence-corrected chi connectivity index (χ1v) is 6.19. The summed E-state index contributed by atoms with van der Waals surface area (Å²) in [6.07, 6.45) is 1.48. The van der Waals surface area contributed by atoms with Gasteiger partial charge in [0.05, 0.1) is 7.11 Å². The molecular weight excluding hydrogens is 244 g/mol. The number of fused-ring (bicyclic) bond motifs is 1. The van der Waals surface area contributed by atoms with E-state index in [0.717, 1.165) is 23.4 Å². The Morgan fingerprint density at radius 1 is 1.21 bits per heavy atom. The smallest absolute Gasteiger partial charge is 0.325 e. The lowest BCUT2D eigenvalue weighted by molar-refractivity contribution is 0.407. The Morgan fingerprint density at radius 2 is 2.00 bits per heavy atom. The van der Waals surface area contributed by atoms with Crippen molar-refractivity contribution in [2.24, 2.45) is 0 Å². The maximum absolute atomic E-state index is 11.8. The van der Waals surface area contributed by atoms with Crippen molar-refractivity contribution in [2.75, 3.05) is 7.11 Å². The zero-order chi connectivity index (χ0) is 13.4. The van der Waals surface area contributed by atoms with Gasteiger partial charge < -0.3 is 9.72 Å². The van der Waals surface area contributed by atoms with Gasteiger partial charge in [-0.2, -0.15) is 0 Å². The van der Waals surface area contributed by atoms with E-state index in [9.17, 15) is 9.59 Å². The fourth-order valence-corrected chi connectivity index (χ4v) is 2.77. The second kappa shape index (κ2) is 4.42. The number of benzene rings is 1. The molecule has 5 heteroatoms. The lowest BCUT2D eigenvalue weighted by atomic mass is 9.96. The van der Waals surface area contributed by atoms with E-state index < -0.39 is 5.69 Å². The van der Waals surface area contributed by atoms with E-state index in [1.165, 1.54) is 0 Å². The zero-order valence-electron chi connectivity index (χ0n) is 10.5. The largest absolute Gasteiger partial charge is 0.496 e. The Labute approximate surface area is 109 Å². The fourth-order valence-electron chi connectivity index (χ4n) is 2.77. The van der Waals surface area contributed by atoms with Crippen LogP contribution in [0.5, 0.6) is 5.75 Å². The highest BCUT2D eigenvalue weighted by molar-refractivity contribution is 5.44. The summed E-state index contributed by atoms with van der Waals surface area (Å²) in [7, 11) is 1.62. The minimum atomic E-state index is -0.453. The van der Waals surface area contributed by atoms with Crippen molar-refractivity contribution >= 4 is 0 Å². The summed E-state index contributed by atoms with van der Waals surface area (Å²) < 4.78 is 5.36. The Hall–Kier alpha value is -2.30. The quantitative estimate of drug-likeness (QED) is 0.848. The number of H-pyrrole nitrogens is 2. The monoisotopic (exact) mass is 258 g/mol. The molecule has 1 aromatic heterocycles. The third kappa shape index (κ3) is 1.87. The number of para-hydroxylation sites is 1. The normalized spacial score (nSPS) is 17.2. The molecular formula is C14H14N2O3. The minimum absolute atomic E-state index is 0.0150. The van der Waals surface area contributed by atoms with E-state index in [-0.39, 0.29) is 11.5 Å². The molecule has 2 N–H and O–H groups in total. The van der Waals surface area contributed by atoms with Gasteiger partial charge in [-0.15, -0.1) is 0 Å².